The van der Waals surface area contributed by atoms with E-state index in [4.69, 9.17) is 11.6 Å². The molecule has 0 heterocycles. The number of unbranched alkanes of at least 4 members (excludes halogenated alkanes) is 9. The number of hydrogen-bond donors (Lipinski definition) is 0. The third-order valence-corrected chi connectivity index (χ3v) is 3.48. The normalized spacial score (nSPS) is 12.0. The molecule has 0 radical (unpaired) electrons. The molecule has 0 bridgehead atoms. The molecule has 0 spiro atoms. The Labute approximate surface area is 114 Å². The Balaban J connectivity index is 2.99. The predicted molar refractivity (Wildman–Crippen MR) is 79.8 cm³/mol. The van der Waals surface area contributed by atoms with Crippen LogP contribution in [0, 0.1) is 0 Å². The van der Waals surface area contributed by atoms with Crippen LogP contribution in [-0.2, 0) is 0 Å². The van der Waals surface area contributed by atoms with Crippen LogP contribution in [-0.4, -0.2) is 38.1 Å². The van der Waals surface area contributed by atoms with Gasteiger partial charge in [0.15, 0.2) is 0 Å². The van der Waals surface area contributed by atoms with Gasteiger partial charge in [-0.3, -0.25) is 0 Å². The minimum atomic E-state index is 0.840. The Hall–Kier alpha value is 0.250. The monoisotopic (exact) mass is 262 g/mol. The van der Waals surface area contributed by atoms with Gasteiger partial charge < -0.3 is 4.48 Å². The molecule has 0 saturated carbocycles. The first-order valence-electron chi connectivity index (χ1n) is 7.43. The zero-order valence-corrected chi connectivity index (χ0v) is 13.1. The lowest BCUT2D eigenvalue weighted by Gasteiger charge is -2.23. The van der Waals surface area contributed by atoms with Gasteiger partial charge in [0.1, 0.15) is 0 Å². The highest BCUT2D eigenvalue weighted by atomic mass is 35.5. The summed E-state index contributed by atoms with van der Waals surface area (Å²) in [5, 5.41) is 0. The summed E-state index contributed by atoms with van der Waals surface area (Å²) < 4.78 is 1.11. The van der Waals surface area contributed by atoms with E-state index < -0.39 is 0 Å². The molecule has 0 aliphatic rings. The Morgan fingerprint density at radius 3 is 1.29 bits per heavy atom. The average Bonchev–Trinajstić information content (AvgIpc) is 2.24. The van der Waals surface area contributed by atoms with Crippen molar-refractivity contribution in [3.05, 3.63) is 0 Å². The van der Waals surface area contributed by atoms with Crippen molar-refractivity contribution in [2.75, 3.05) is 33.6 Å². The molecular weight excluding hydrogens is 230 g/mol. The van der Waals surface area contributed by atoms with E-state index in [2.05, 4.69) is 21.1 Å². The molecule has 0 amide bonds. The van der Waals surface area contributed by atoms with E-state index in [9.17, 15) is 0 Å². The van der Waals surface area contributed by atoms with Crippen molar-refractivity contribution in [2.45, 2.75) is 64.2 Å². The molecule has 0 aromatic rings. The SMILES string of the molecule is C[N+](C)(C)CCCCCCCCCCCCCl. The third kappa shape index (κ3) is 16.2. The Bertz CT molecular complexity index is 151. The van der Waals surface area contributed by atoms with E-state index in [1.165, 1.54) is 70.8 Å². The van der Waals surface area contributed by atoms with Gasteiger partial charge in [0.2, 0.25) is 0 Å². The molecule has 0 rings (SSSR count). The lowest BCUT2D eigenvalue weighted by Crippen LogP contribution is -2.35. The molecule has 0 unspecified atom stereocenters. The fourth-order valence-corrected chi connectivity index (χ4v) is 2.28. The summed E-state index contributed by atoms with van der Waals surface area (Å²) in [6.07, 6.45) is 13.9. The summed E-state index contributed by atoms with van der Waals surface area (Å²) in [6.45, 7) is 1.32. The number of hydrogen-bond acceptors (Lipinski definition) is 0. The second kappa shape index (κ2) is 11.3. The van der Waals surface area contributed by atoms with Crippen LogP contribution < -0.4 is 0 Å². The van der Waals surface area contributed by atoms with Gasteiger partial charge in [-0.2, -0.15) is 0 Å². The molecular formula is C15H33ClN+. The summed E-state index contributed by atoms with van der Waals surface area (Å²) in [5.41, 5.74) is 0. The molecule has 0 N–H and O–H groups in total. The summed E-state index contributed by atoms with van der Waals surface area (Å²) in [5.74, 6) is 0.840. The van der Waals surface area contributed by atoms with Crippen molar-refractivity contribution in [1.29, 1.82) is 0 Å². The minimum Gasteiger partial charge on any atom is -0.331 e. The van der Waals surface area contributed by atoms with Crippen LogP contribution in [0.25, 0.3) is 0 Å². The highest BCUT2D eigenvalue weighted by molar-refractivity contribution is 6.17. The first-order chi connectivity index (χ1) is 8.06. The van der Waals surface area contributed by atoms with Gasteiger partial charge in [0, 0.05) is 5.88 Å². The van der Waals surface area contributed by atoms with Gasteiger partial charge in [-0.1, -0.05) is 44.9 Å². The van der Waals surface area contributed by atoms with Crippen LogP contribution >= 0.6 is 11.6 Å². The predicted octanol–water partition coefficient (Wildman–Crippen LogP) is 4.83. The fraction of sp³-hybridized carbons (Fsp3) is 1.00. The maximum absolute atomic E-state index is 5.64. The number of rotatable bonds is 12. The molecule has 104 valence electrons. The molecule has 2 heteroatoms. The number of halogens is 1. The highest BCUT2D eigenvalue weighted by Gasteiger charge is 2.04. The maximum Gasteiger partial charge on any atom is 0.0780 e. The molecule has 0 saturated heterocycles. The van der Waals surface area contributed by atoms with E-state index >= 15 is 0 Å². The zero-order valence-electron chi connectivity index (χ0n) is 12.3. The van der Waals surface area contributed by atoms with Crippen molar-refractivity contribution in [1.82, 2.24) is 0 Å². The standard InChI is InChI=1S/C15H33ClN/c1-17(2,3)15-13-11-9-7-5-4-6-8-10-12-14-16/h4-15H2,1-3H3/q+1. The van der Waals surface area contributed by atoms with E-state index in [0.29, 0.717) is 0 Å². The van der Waals surface area contributed by atoms with Gasteiger partial charge in [0.25, 0.3) is 0 Å². The van der Waals surface area contributed by atoms with E-state index in [0.717, 1.165) is 10.4 Å². The highest BCUT2D eigenvalue weighted by Crippen LogP contribution is 2.11. The second-order valence-electron chi connectivity index (χ2n) is 6.24. The van der Waals surface area contributed by atoms with Crippen LogP contribution in [0.1, 0.15) is 64.2 Å². The quantitative estimate of drug-likeness (QED) is 0.268. The molecule has 1 nitrogen and oxygen atoms in total. The van der Waals surface area contributed by atoms with Gasteiger partial charge in [-0.25, -0.2) is 0 Å². The van der Waals surface area contributed by atoms with Crippen molar-refractivity contribution in [2.24, 2.45) is 0 Å². The van der Waals surface area contributed by atoms with Crippen LogP contribution in [0.2, 0.25) is 0 Å². The molecule has 0 aliphatic heterocycles. The van der Waals surface area contributed by atoms with Crippen molar-refractivity contribution >= 4 is 11.6 Å². The first-order valence-corrected chi connectivity index (χ1v) is 7.96. The third-order valence-electron chi connectivity index (χ3n) is 3.21. The molecule has 0 aliphatic carbocycles. The van der Waals surface area contributed by atoms with E-state index in [1.807, 2.05) is 0 Å². The summed E-state index contributed by atoms with van der Waals surface area (Å²) in [4.78, 5) is 0. The average molecular weight is 263 g/mol. The number of quaternary nitrogens is 1. The first kappa shape index (κ1) is 17.2. The molecule has 0 atom stereocenters. The van der Waals surface area contributed by atoms with Crippen molar-refractivity contribution in [3.63, 3.8) is 0 Å². The lowest BCUT2D eigenvalue weighted by atomic mass is 10.1. The number of nitrogens with zero attached hydrogens (tertiary/aromatic N) is 1. The Morgan fingerprint density at radius 1 is 0.588 bits per heavy atom. The van der Waals surface area contributed by atoms with Gasteiger partial charge in [0.05, 0.1) is 27.7 Å². The molecule has 0 aromatic heterocycles. The minimum absolute atomic E-state index is 0.840. The lowest BCUT2D eigenvalue weighted by molar-refractivity contribution is -0.870. The van der Waals surface area contributed by atoms with Crippen molar-refractivity contribution in [3.8, 4) is 0 Å². The van der Waals surface area contributed by atoms with Gasteiger partial charge >= 0.3 is 0 Å². The maximum atomic E-state index is 5.64. The van der Waals surface area contributed by atoms with Crippen LogP contribution in [0.3, 0.4) is 0 Å². The van der Waals surface area contributed by atoms with Crippen molar-refractivity contribution < 1.29 is 4.48 Å². The summed E-state index contributed by atoms with van der Waals surface area (Å²) in [7, 11) is 6.84. The summed E-state index contributed by atoms with van der Waals surface area (Å²) >= 11 is 5.64. The number of alkyl halides is 1. The van der Waals surface area contributed by atoms with E-state index in [-0.39, 0.29) is 0 Å². The van der Waals surface area contributed by atoms with Gasteiger partial charge in [-0.15, -0.1) is 11.6 Å². The molecule has 17 heavy (non-hydrogen) atoms. The van der Waals surface area contributed by atoms with Crippen LogP contribution in [0.4, 0.5) is 0 Å². The Kier molecular flexibility index (Phi) is 11.5. The van der Waals surface area contributed by atoms with Crippen LogP contribution in [0.15, 0.2) is 0 Å². The molecule has 0 fully saturated rings. The van der Waals surface area contributed by atoms with Gasteiger partial charge in [-0.05, 0) is 19.3 Å². The van der Waals surface area contributed by atoms with Crippen LogP contribution in [0.5, 0.6) is 0 Å². The van der Waals surface area contributed by atoms with E-state index in [1.54, 1.807) is 0 Å². The summed E-state index contributed by atoms with van der Waals surface area (Å²) in [6, 6.07) is 0. The Morgan fingerprint density at radius 2 is 0.941 bits per heavy atom. The zero-order chi connectivity index (χ0) is 13.0. The largest absolute Gasteiger partial charge is 0.331 e. The molecule has 0 aromatic carbocycles. The topological polar surface area (TPSA) is 0 Å². The fourth-order valence-electron chi connectivity index (χ4n) is 2.09. The smallest absolute Gasteiger partial charge is 0.0780 e. The second-order valence-corrected chi connectivity index (χ2v) is 6.62.